The van der Waals surface area contributed by atoms with E-state index in [1.54, 1.807) is 7.11 Å². The first-order valence-corrected chi connectivity index (χ1v) is 12.2. The molecule has 35 heavy (non-hydrogen) atoms. The first-order valence-electron chi connectivity index (χ1n) is 11.8. The zero-order valence-electron chi connectivity index (χ0n) is 19.7. The topological polar surface area (TPSA) is 54.4 Å². The average molecular weight is 484 g/mol. The molecule has 0 radical (unpaired) electrons. The molecule has 2 N–H and O–H groups in total. The fourth-order valence-corrected chi connectivity index (χ4v) is 4.97. The van der Waals surface area contributed by atoms with Gasteiger partial charge in [-0.3, -0.25) is 4.98 Å². The maximum absolute atomic E-state index is 5.85. The van der Waals surface area contributed by atoms with Crippen molar-refractivity contribution in [3.63, 3.8) is 0 Å². The van der Waals surface area contributed by atoms with Crippen molar-refractivity contribution in [2.75, 3.05) is 25.5 Å². The lowest BCUT2D eigenvalue weighted by molar-refractivity contribution is 0.307. The molecular weight excluding hydrogens is 454 g/mol. The lowest BCUT2D eigenvalue weighted by Crippen LogP contribution is -2.32. The van der Waals surface area contributed by atoms with Crippen LogP contribution in [-0.4, -0.2) is 39.8 Å². The zero-order valence-corrected chi connectivity index (χ0v) is 20.5. The van der Waals surface area contributed by atoms with E-state index in [9.17, 15) is 0 Å². The lowest BCUT2D eigenvalue weighted by atomic mass is 10.0. The molecule has 3 heterocycles. The van der Waals surface area contributed by atoms with Gasteiger partial charge in [-0.05, 0) is 67.2 Å². The normalized spacial score (nSPS) is 17.3. The highest BCUT2D eigenvalue weighted by Gasteiger charge is 2.40. The quantitative estimate of drug-likeness (QED) is 0.247. The van der Waals surface area contributed by atoms with Gasteiger partial charge in [-0.15, -0.1) is 0 Å². The molecule has 1 aliphatic heterocycles. The van der Waals surface area contributed by atoms with Crippen molar-refractivity contribution in [1.29, 1.82) is 0 Å². The van der Waals surface area contributed by atoms with Crippen molar-refractivity contribution in [1.82, 2.24) is 19.8 Å². The predicted molar refractivity (Wildman–Crippen MR) is 144 cm³/mol. The fourth-order valence-electron chi connectivity index (χ4n) is 4.64. The molecule has 1 fully saturated rings. The van der Waals surface area contributed by atoms with E-state index in [0.717, 1.165) is 53.1 Å². The Balaban J connectivity index is 1.43. The second-order valence-corrected chi connectivity index (χ2v) is 8.86. The number of nitrogens with one attached hydrogen (secondary N) is 2. The summed E-state index contributed by atoms with van der Waals surface area (Å²) in [7, 11) is 1.69. The fraction of sp³-hybridized carbons (Fsp3) is 0.214. The van der Waals surface area contributed by atoms with E-state index in [1.807, 2.05) is 54.7 Å². The van der Waals surface area contributed by atoms with Crippen LogP contribution in [0.5, 0.6) is 5.75 Å². The molecule has 2 atom stereocenters. The monoisotopic (exact) mass is 483 g/mol. The highest BCUT2D eigenvalue weighted by Crippen LogP contribution is 2.39. The largest absolute Gasteiger partial charge is 0.497 e. The van der Waals surface area contributed by atoms with Gasteiger partial charge in [0.25, 0.3) is 0 Å². The number of para-hydroxylation sites is 1. The first-order chi connectivity index (χ1) is 17.2. The summed E-state index contributed by atoms with van der Waals surface area (Å²) < 4.78 is 7.69. The minimum Gasteiger partial charge on any atom is -0.497 e. The number of nitrogens with zero attached hydrogens (tertiary/aromatic N) is 3. The Kier molecular flexibility index (Phi) is 6.95. The van der Waals surface area contributed by atoms with Crippen LogP contribution >= 0.6 is 12.2 Å². The number of benzene rings is 2. The summed E-state index contributed by atoms with van der Waals surface area (Å²) in [5.74, 6) is 0.826. The van der Waals surface area contributed by atoms with Crippen LogP contribution < -0.4 is 15.4 Å². The van der Waals surface area contributed by atoms with Crippen molar-refractivity contribution in [3.05, 3.63) is 109 Å². The van der Waals surface area contributed by atoms with E-state index in [1.165, 1.54) is 0 Å². The Hall–Kier alpha value is -3.84. The van der Waals surface area contributed by atoms with Crippen LogP contribution in [0.15, 0.2) is 97.3 Å². The zero-order chi connectivity index (χ0) is 24.0. The van der Waals surface area contributed by atoms with Gasteiger partial charge in [-0.2, -0.15) is 0 Å². The molecule has 0 bridgehead atoms. The number of ether oxygens (including phenoxy) is 1. The predicted octanol–water partition coefficient (Wildman–Crippen LogP) is 5.36. The number of hydrogen-bond acceptors (Lipinski definition) is 4. The van der Waals surface area contributed by atoms with Gasteiger partial charge in [0.2, 0.25) is 0 Å². The number of aromatic nitrogens is 2. The van der Waals surface area contributed by atoms with Gasteiger partial charge in [0, 0.05) is 48.6 Å². The van der Waals surface area contributed by atoms with Crippen molar-refractivity contribution in [3.8, 4) is 11.4 Å². The highest BCUT2D eigenvalue weighted by molar-refractivity contribution is 7.80. The van der Waals surface area contributed by atoms with Gasteiger partial charge >= 0.3 is 0 Å². The standard InChI is InChI=1S/C28H29N5OS/c1-34-23-13-7-12-22(20-23)32-18-8-15-25(32)27-26(24-14-5-6-16-30-24)31-28(35)33(27)19-9-17-29-21-10-3-2-4-11-21/h2-8,10-16,18,20,26-27,29H,9,17,19H2,1H3,(H,31,35)/t26-,27+/m0/s1. The Labute approximate surface area is 211 Å². The number of anilines is 1. The van der Waals surface area contributed by atoms with Gasteiger partial charge in [0.05, 0.1) is 24.9 Å². The molecule has 0 spiro atoms. The van der Waals surface area contributed by atoms with Gasteiger partial charge in [0.1, 0.15) is 5.75 Å². The summed E-state index contributed by atoms with van der Waals surface area (Å²) in [6.45, 7) is 1.68. The SMILES string of the molecule is COc1cccc(-n2cccc2[C@@H]2[C@H](c3ccccn3)NC(=S)N2CCCNc2ccccc2)c1. The molecule has 0 unspecified atom stereocenters. The Morgan fingerprint density at radius 3 is 2.66 bits per heavy atom. The molecule has 2 aromatic heterocycles. The Morgan fingerprint density at radius 2 is 1.86 bits per heavy atom. The Bertz CT molecular complexity index is 1260. The van der Waals surface area contributed by atoms with Gasteiger partial charge in [0.15, 0.2) is 5.11 Å². The lowest BCUT2D eigenvalue weighted by Gasteiger charge is -2.29. The Morgan fingerprint density at radius 1 is 1.00 bits per heavy atom. The molecule has 1 saturated heterocycles. The van der Waals surface area contributed by atoms with E-state index < -0.39 is 0 Å². The second-order valence-electron chi connectivity index (χ2n) is 8.47. The maximum Gasteiger partial charge on any atom is 0.170 e. The number of thiocarbonyl (C=S) groups is 1. The number of methoxy groups -OCH3 is 1. The molecule has 0 saturated carbocycles. The summed E-state index contributed by atoms with van der Waals surface area (Å²) in [6, 6.07) is 28.6. The van der Waals surface area contributed by atoms with Crippen LogP contribution in [0.3, 0.4) is 0 Å². The maximum atomic E-state index is 5.85. The minimum absolute atomic E-state index is 0.00433. The van der Waals surface area contributed by atoms with E-state index in [4.69, 9.17) is 17.0 Å². The molecule has 7 heteroatoms. The van der Waals surface area contributed by atoms with Crippen LogP contribution in [-0.2, 0) is 0 Å². The van der Waals surface area contributed by atoms with Crippen LogP contribution in [0.1, 0.15) is 29.9 Å². The summed E-state index contributed by atoms with van der Waals surface area (Å²) in [4.78, 5) is 6.96. The van der Waals surface area contributed by atoms with Crippen molar-refractivity contribution >= 4 is 23.0 Å². The average Bonchev–Trinajstić information content (AvgIpc) is 3.52. The molecule has 2 aromatic carbocycles. The van der Waals surface area contributed by atoms with Crippen LogP contribution in [0, 0.1) is 0 Å². The third-order valence-corrected chi connectivity index (χ3v) is 6.64. The van der Waals surface area contributed by atoms with E-state index >= 15 is 0 Å². The minimum atomic E-state index is -0.0509. The summed E-state index contributed by atoms with van der Waals surface area (Å²) in [6.07, 6.45) is 4.88. The smallest absolute Gasteiger partial charge is 0.170 e. The summed E-state index contributed by atoms with van der Waals surface area (Å²) in [5.41, 5.74) is 4.30. The van der Waals surface area contributed by atoms with E-state index in [-0.39, 0.29) is 12.1 Å². The summed E-state index contributed by atoms with van der Waals surface area (Å²) >= 11 is 5.85. The number of pyridine rings is 1. The second kappa shape index (κ2) is 10.6. The van der Waals surface area contributed by atoms with Crippen molar-refractivity contribution in [2.24, 2.45) is 0 Å². The first kappa shape index (κ1) is 22.9. The molecule has 5 rings (SSSR count). The van der Waals surface area contributed by atoms with Crippen LogP contribution in [0.4, 0.5) is 5.69 Å². The third kappa shape index (κ3) is 5.00. The van der Waals surface area contributed by atoms with E-state index in [0.29, 0.717) is 0 Å². The molecular formula is C28H29N5OS. The van der Waals surface area contributed by atoms with E-state index in [2.05, 4.69) is 67.7 Å². The number of rotatable bonds is 9. The molecule has 178 valence electrons. The third-order valence-electron chi connectivity index (χ3n) is 6.29. The van der Waals surface area contributed by atoms with Crippen LogP contribution in [0.25, 0.3) is 5.69 Å². The molecule has 0 amide bonds. The van der Waals surface area contributed by atoms with Crippen molar-refractivity contribution in [2.45, 2.75) is 18.5 Å². The highest BCUT2D eigenvalue weighted by atomic mass is 32.1. The van der Waals surface area contributed by atoms with Gasteiger partial charge in [-0.25, -0.2) is 0 Å². The summed E-state index contributed by atoms with van der Waals surface area (Å²) in [5, 5.41) is 7.81. The molecule has 1 aliphatic rings. The molecule has 4 aromatic rings. The van der Waals surface area contributed by atoms with Gasteiger partial charge in [-0.1, -0.05) is 30.3 Å². The number of hydrogen-bond donors (Lipinski definition) is 2. The van der Waals surface area contributed by atoms with Crippen molar-refractivity contribution < 1.29 is 4.74 Å². The van der Waals surface area contributed by atoms with Crippen LogP contribution in [0.2, 0.25) is 0 Å². The molecule has 6 nitrogen and oxygen atoms in total. The molecule has 0 aliphatic carbocycles. The van der Waals surface area contributed by atoms with Gasteiger partial charge < -0.3 is 24.8 Å².